The Bertz CT molecular complexity index is 8.00. The van der Waals surface area contributed by atoms with Gasteiger partial charge in [-0.25, -0.2) is 0 Å². The topological polar surface area (TPSA) is 0 Å². The molecule has 0 heterocycles. The van der Waals surface area contributed by atoms with Gasteiger partial charge in [-0.2, -0.15) is 0 Å². The van der Waals surface area contributed by atoms with Crippen molar-refractivity contribution in [3.8, 4) is 0 Å². The van der Waals surface area contributed by atoms with E-state index in [1.54, 1.807) is 0 Å². The fourth-order valence-electron chi connectivity index (χ4n) is 0. The molecule has 4 heteroatoms. The minimum absolute atomic E-state index is 0. The monoisotopic (exact) mass is 241 g/mol. The van der Waals surface area contributed by atoms with Crippen LogP contribution in [-0.4, -0.2) is 64.3 Å². The van der Waals surface area contributed by atoms with E-state index < -0.39 is 0 Å². The molecule has 4 heavy (non-hydrogen) atoms. The van der Waals surface area contributed by atoms with Crippen LogP contribution in [0.2, 0.25) is 0 Å². The Hall–Kier alpha value is 2.62. The van der Waals surface area contributed by atoms with E-state index in [-0.39, 0.29) is 81.4 Å². The van der Waals surface area contributed by atoms with E-state index in [0.29, 0.717) is 0 Å². The van der Waals surface area contributed by atoms with Gasteiger partial charge in [0.15, 0.2) is 17.4 Å². The van der Waals surface area contributed by atoms with E-state index in [1.807, 2.05) is 0 Å². The second kappa shape index (κ2) is 17.5. The van der Waals surface area contributed by atoms with Crippen molar-refractivity contribution in [3.63, 3.8) is 0 Å². The second-order valence-electron chi connectivity index (χ2n) is 0. The van der Waals surface area contributed by atoms with Gasteiger partial charge >= 0.3 is 47.0 Å². The maximum atomic E-state index is 0. The molecule has 0 aromatic heterocycles. The molecular weight excluding hydrogens is 234 g/mol. The van der Waals surface area contributed by atoms with Crippen LogP contribution < -0.4 is 0 Å². The quantitative estimate of drug-likeness (QED) is 0.396. The van der Waals surface area contributed by atoms with E-state index in [2.05, 4.69) is 0 Å². The van der Waals surface area contributed by atoms with Crippen LogP contribution in [0.25, 0.3) is 0 Å². The summed E-state index contributed by atoms with van der Waals surface area (Å²) in [5.74, 6) is 0. The van der Waals surface area contributed by atoms with Crippen LogP contribution in [0.15, 0.2) is 0 Å². The second-order valence-corrected chi connectivity index (χ2v) is 0. The minimum atomic E-state index is 0. The molecule has 0 amide bonds. The summed E-state index contributed by atoms with van der Waals surface area (Å²) in [5.41, 5.74) is 0. The summed E-state index contributed by atoms with van der Waals surface area (Å²) in [6, 6.07) is 0. The average Bonchev–Trinajstić information content (AvgIpc) is 0. The van der Waals surface area contributed by atoms with Crippen LogP contribution >= 0.6 is 0 Å². The molecule has 0 aliphatic carbocycles. The molecule has 27 valence electrons. The van der Waals surface area contributed by atoms with Gasteiger partial charge in [0.05, 0.1) is 0 Å². The van der Waals surface area contributed by atoms with Crippen LogP contribution in [0.5, 0.6) is 0 Å². The molecule has 0 bridgehead atoms. The molecule has 0 unspecified atom stereocenters. The summed E-state index contributed by atoms with van der Waals surface area (Å²) in [5, 5.41) is 0. The predicted octanol–water partition coefficient (Wildman–Crippen LogP) is -3.02. The SMILES string of the molecule is [AlH3].[Cu].[MgH2].[SnH2]. The Morgan fingerprint density at radius 3 is 1.00 bits per heavy atom. The van der Waals surface area contributed by atoms with E-state index >= 15 is 0 Å². The van der Waals surface area contributed by atoms with Gasteiger partial charge in [0.25, 0.3) is 0 Å². The summed E-state index contributed by atoms with van der Waals surface area (Å²) in [4.78, 5) is 0. The Labute approximate surface area is 80.2 Å². The molecule has 0 aromatic rings. The van der Waals surface area contributed by atoms with E-state index in [9.17, 15) is 0 Å². The standard InChI is InChI=1S/Al.Cu.Mg.Sn.7H. The molecule has 0 rings (SSSR count). The van der Waals surface area contributed by atoms with Gasteiger partial charge in [0.1, 0.15) is 0 Å². The van der Waals surface area contributed by atoms with Crippen molar-refractivity contribution in [1.29, 1.82) is 0 Å². The van der Waals surface area contributed by atoms with Crippen LogP contribution in [-0.2, 0) is 17.1 Å². The Balaban J connectivity index is 0. The van der Waals surface area contributed by atoms with Gasteiger partial charge in [0, 0.05) is 17.1 Å². The predicted molar refractivity (Wildman–Crippen MR) is 27.0 cm³/mol. The van der Waals surface area contributed by atoms with E-state index in [0.717, 1.165) is 0 Å². The fourth-order valence-corrected chi connectivity index (χ4v) is 0. The molecule has 0 saturated heterocycles. The molecule has 0 N–H and O–H groups in total. The number of hydrogen-bond donors (Lipinski definition) is 0. The van der Waals surface area contributed by atoms with Gasteiger partial charge in [0.2, 0.25) is 0 Å². The zero-order valence-electron chi connectivity index (χ0n) is 1.01. The molecule has 0 aliphatic rings. The fraction of sp³-hybridized carbons (Fsp3) is 0. The van der Waals surface area contributed by atoms with Crippen LogP contribution in [0.3, 0.4) is 0 Å². The van der Waals surface area contributed by atoms with Crippen molar-refractivity contribution in [1.82, 2.24) is 0 Å². The third-order valence-corrected chi connectivity index (χ3v) is 0. The zero-order chi connectivity index (χ0) is 0. The van der Waals surface area contributed by atoms with E-state index in [4.69, 9.17) is 0 Å². The van der Waals surface area contributed by atoms with E-state index in [1.165, 1.54) is 0 Å². The first-order valence-corrected chi connectivity index (χ1v) is 0. The Kier molecular flexibility index (Phi) is 133. The van der Waals surface area contributed by atoms with Gasteiger partial charge in [-0.1, -0.05) is 0 Å². The van der Waals surface area contributed by atoms with Crippen LogP contribution in [0, 0.1) is 0 Å². The molecule has 0 aliphatic heterocycles. The Morgan fingerprint density at radius 1 is 1.00 bits per heavy atom. The van der Waals surface area contributed by atoms with Crippen LogP contribution in [0.4, 0.5) is 0 Å². The maximum absolute atomic E-state index is 0. The molecule has 0 aromatic carbocycles. The van der Waals surface area contributed by atoms with Gasteiger partial charge in [-0.15, -0.1) is 0 Å². The Morgan fingerprint density at radius 2 is 1.00 bits per heavy atom. The van der Waals surface area contributed by atoms with Crippen LogP contribution in [0.1, 0.15) is 0 Å². The summed E-state index contributed by atoms with van der Waals surface area (Å²) < 4.78 is 0. The van der Waals surface area contributed by atoms with Crippen molar-refractivity contribution >= 4 is 64.3 Å². The first-order chi connectivity index (χ1) is 0. The first-order valence-electron chi connectivity index (χ1n) is 0. The van der Waals surface area contributed by atoms with Gasteiger partial charge < -0.3 is 0 Å². The summed E-state index contributed by atoms with van der Waals surface area (Å²) in [7, 11) is 0. The summed E-state index contributed by atoms with van der Waals surface area (Å²) in [6.07, 6.45) is 0. The molecule has 0 saturated carbocycles. The molecule has 0 spiro atoms. The van der Waals surface area contributed by atoms with Crippen molar-refractivity contribution in [2.24, 2.45) is 0 Å². The molecule has 0 fully saturated rings. The third kappa shape index (κ3) is 8.82. The summed E-state index contributed by atoms with van der Waals surface area (Å²) >= 11 is 0. The molecular formula is H7AlCuMgSn. The molecule has 0 atom stereocenters. The zero-order valence-corrected chi connectivity index (χ0v) is 5.99. The first kappa shape index (κ1) is 30.5. The molecule has 0 nitrogen and oxygen atoms in total. The summed E-state index contributed by atoms with van der Waals surface area (Å²) in [6.45, 7) is 0. The third-order valence-electron chi connectivity index (χ3n) is 0. The normalized spacial score (nSPS) is 0. The van der Waals surface area contributed by atoms with Crippen molar-refractivity contribution in [2.75, 3.05) is 0 Å². The van der Waals surface area contributed by atoms with Crippen molar-refractivity contribution in [3.05, 3.63) is 0 Å². The average molecular weight is 241 g/mol. The van der Waals surface area contributed by atoms with Crippen molar-refractivity contribution in [2.45, 2.75) is 0 Å². The van der Waals surface area contributed by atoms with Gasteiger partial charge in [-0.3, -0.25) is 0 Å². The van der Waals surface area contributed by atoms with Crippen molar-refractivity contribution < 1.29 is 17.1 Å². The molecule has 3 radical (unpaired) electrons. The number of hydrogen-bond acceptors (Lipinski definition) is 0. The van der Waals surface area contributed by atoms with Gasteiger partial charge in [-0.05, 0) is 0 Å². The number of rotatable bonds is 0.